The number of phenolic OH excluding ortho intramolecular Hbond substituents is 1. The molecular formula is C13H17ClO. The van der Waals surface area contributed by atoms with Crippen molar-refractivity contribution in [3.8, 4) is 5.75 Å². The fourth-order valence-electron chi connectivity index (χ4n) is 2.59. The normalized spacial score (nSPS) is 20.1. The standard InChI is InChI=1S/C13H17ClO/c1-13(7-3-2-4-8-13)11-9-10(14)5-6-12(11)15/h5-6,9,15H,2-4,7-8H2,1H3. The second-order valence-electron chi connectivity index (χ2n) is 4.78. The highest BCUT2D eigenvalue weighted by Crippen LogP contribution is 2.43. The van der Waals surface area contributed by atoms with Crippen LogP contribution in [0.5, 0.6) is 5.75 Å². The van der Waals surface area contributed by atoms with Gasteiger partial charge in [-0.25, -0.2) is 0 Å². The van der Waals surface area contributed by atoms with Gasteiger partial charge in [-0.2, -0.15) is 0 Å². The van der Waals surface area contributed by atoms with Crippen LogP contribution in [0.15, 0.2) is 18.2 Å². The number of hydrogen-bond acceptors (Lipinski definition) is 1. The molecule has 0 heterocycles. The monoisotopic (exact) mass is 224 g/mol. The van der Waals surface area contributed by atoms with E-state index in [1.807, 2.05) is 6.07 Å². The van der Waals surface area contributed by atoms with Crippen LogP contribution < -0.4 is 0 Å². The second-order valence-corrected chi connectivity index (χ2v) is 5.22. The molecular weight excluding hydrogens is 208 g/mol. The first-order valence-corrected chi connectivity index (χ1v) is 5.99. The summed E-state index contributed by atoms with van der Waals surface area (Å²) in [5, 5.41) is 10.6. The minimum absolute atomic E-state index is 0.118. The third kappa shape index (κ3) is 2.12. The predicted octanol–water partition coefficient (Wildman–Crippen LogP) is 4.27. The summed E-state index contributed by atoms with van der Waals surface area (Å²) in [5.74, 6) is 0.392. The lowest BCUT2D eigenvalue weighted by Crippen LogP contribution is -2.25. The zero-order valence-corrected chi connectivity index (χ0v) is 9.85. The molecule has 0 unspecified atom stereocenters. The fraction of sp³-hybridized carbons (Fsp3) is 0.538. The van der Waals surface area contributed by atoms with Gasteiger partial charge < -0.3 is 5.11 Å². The Balaban J connectivity index is 2.38. The Morgan fingerprint density at radius 2 is 1.87 bits per heavy atom. The molecule has 0 saturated heterocycles. The molecule has 15 heavy (non-hydrogen) atoms. The van der Waals surface area contributed by atoms with Gasteiger partial charge in [0.05, 0.1) is 0 Å². The predicted molar refractivity (Wildman–Crippen MR) is 63.6 cm³/mol. The smallest absolute Gasteiger partial charge is 0.119 e. The van der Waals surface area contributed by atoms with Gasteiger partial charge in [-0.15, -0.1) is 0 Å². The summed E-state index contributed by atoms with van der Waals surface area (Å²) in [4.78, 5) is 0. The Hall–Kier alpha value is -0.690. The van der Waals surface area contributed by atoms with E-state index in [0.717, 1.165) is 23.4 Å². The first-order chi connectivity index (χ1) is 7.12. The van der Waals surface area contributed by atoms with Gasteiger partial charge in [0.15, 0.2) is 0 Å². The summed E-state index contributed by atoms with van der Waals surface area (Å²) >= 11 is 5.99. The lowest BCUT2D eigenvalue weighted by Gasteiger charge is -2.34. The molecule has 82 valence electrons. The van der Waals surface area contributed by atoms with Gasteiger partial charge in [0, 0.05) is 10.6 Å². The SMILES string of the molecule is CC1(c2cc(Cl)ccc2O)CCCCC1. The van der Waals surface area contributed by atoms with E-state index >= 15 is 0 Å². The van der Waals surface area contributed by atoms with Crippen LogP contribution in [0.1, 0.15) is 44.6 Å². The lowest BCUT2D eigenvalue weighted by molar-refractivity contribution is 0.308. The first-order valence-electron chi connectivity index (χ1n) is 5.61. The third-order valence-corrected chi connectivity index (χ3v) is 3.80. The molecule has 0 radical (unpaired) electrons. The molecule has 1 nitrogen and oxygen atoms in total. The molecule has 2 rings (SSSR count). The quantitative estimate of drug-likeness (QED) is 0.756. The Labute approximate surface area is 96.1 Å². The molecule has 1 aromatic carbocycles. The Morgan fingerprint density at radius 3 is 2.53 bits per heavy atom. The van der Waals surface area contributed by atoms with Crippen molar-refractivity contribution in [3.05, 3.63) is 28.8 Å². The Bertz CT molecular complexity index is 354. The van der Waals surface area contributed by atoms with Crippen molar-refractivity contribution in [3.63, 3.8) is 0 Å². The number of rotatable bonds is 1. The minimum Gasteiger partial charge on any atom is -0.508 e. The van der Waals surface area contributed by atoms with Gasteiger partial charge in [0.1, 0.15) is 5.75 Å². The topological polar surface area (TPSA) is 20.2 Å². The van der Waals surface area contributed by atoms with Crippen molar-refractivity contribution >= 4 is 11.6 Å². The van der Waals surface area contributed by atoms with Crippen LogP contribution in [0.4, 0.5) is 0 Å². The van der Waals surface area contributed by atoms with E-state index in [9.17, 15) is 5.11 Å². The number of benzene rings is 1. The summed E-state index contributed by atoms with van der Waals surface area (Å²) in [6.07, 6.45) is 6.13. The summed E-state index contributed by atoms with van der Waals surface area (Å²) in [6.45, 7) is 2.23. The van der Waals surface area contributed by atoms with E-state index in [2.05, 4.69) is 6.92 Å². The maximum absolute atomic E-state index is 9.89. The number of hydrogen-bond donors (Lipinski definition) is 1. The average molecular weight is 225 g/mol. The summed E-state index contributed by atoms with van der Waals surface area (Å²) in [5.41, 5.74) is 1.14. The molecule has 1 saturated carbocycles. The third-order valence-electron chi connectivity index (χ3n) is 3.57. The lowest BCUT2D eigenvalue weighted by atomic mass is 9.71. The van der Waals surface area contributed by atoms with E-state index in [4.69, 9.17) is 11.6 Å². The molecule has 0 aliphatic heterocycles. The summed E-state index contributed by atoms with van der Waals surface area (Å²) in [6, 6.07) is 5.37. The van der Waals surface area contributed by atoms with E-state index in [-0.39, 0.29) is 5.41 Å². The average Bonchev–Trinajstić information content (AvgIpc) is 2.23. The zero-order valence-electron chi connectivity index (χ0n) is 9.09. The minimum atomic E-state index is 0.118. The van der Waals surface area contributed by atoms with Gasteiger partial charge in [0.2, 0.25) is 0 Å². The molecule has 1 aliphatic carbocycles. The van der Waals surface area contributed by atoms with Crippen molar-refractivity contribution in [1.29, 1.82) is 0 Å². The molecule has 0 atom stereocenters. The fourth-order valence-corrected chi connectivity index (χ4v) is 2.77. The molecule has 1 aliphatic rings. The van der Waals surface area contributed by atoms with Crippen LogP contribution in [-0.2, 0) is 5.41 Å². The summed E-state index contributed by atoms with van der Waals surface area (Å²) < 4.78 is 0. The second kappa shape index (κ2) is 4.05. The van der Waals surface area contributed by atoms with Crippen molar-refractivity contribution in [1.82, 2.24) is 0 Å². The van der Waals surface area contributed by atoms with Crippen LogP contribution in [0.3, 0.4) is 0 Å². The van der Waals surface area contributed by atoms with Crippen LogP contribution in [0.2, 0.25) is 5.02 Å². The van der Waals surface area contributed by atoms with E-state index in [1.165, 1.54) is 19.3 Å². The Kier molecular flexibility index (Phi) is 2.92. The molecule has 0 bridgehead atoms. The van der Waals surface area contributed by atoms with Gasteiger partial charge >= 0.3 is 0 Å². The van der Waals surface area contributed by atoms with Crippen molar-refractivity contribution in [2.24, 2.45) is 0 Å². The van der Waals surface area contributed by atoms with E-state index < -0.39 is 0 Å². The maximum atomic E-state index is 9.89. The molecule has 0 aromatic heterocycles. The van der Waals surface area contributed by atoms with Crippen molar-refractivity contribution in [2.75, 3.05) is 0 Å². The van der Waals surface area contributed by atoms with Crippen LogP contribution in [0.25, 0.3) is 0 Å². The number of phenols is 1. The highest BCUT2D eigenvalue weighted by Gasteiger charge is 2.31. The van der Waals surface area contributed by atoms with Crippen LogP contribution >= 0.6 is 11.6 Å². The van der Waals surface area contributed by atoms with Crippen molar-refractivity contribution in [2.45, 2.75) is 44.4 Å². The molecule has 0 amide bonds. The highest BCUT2D eigenvalue weighted by atomic mass is 35.5. The summed E-state index contributed by atoms with van der Waals surface area (Å²) in [7, 11) is 0. The first kappa shape index (κ1) is 10.8. The van der Waals surface area contributed by atoms with Gasteiger partial charge in [0.25, 0.3) is 0 Å². The zero-order chi connectivity index (χ0) is 10.9. The molecule has 2 heteroatoms. The molecule has 1 fully saturated rings. The number of aromatic hydroxyl groups is 1. The number of halogens is 1. The molecule has 1 aromatic rings. The highest BCUT2D eigenvalue weighted by molar-refractivity contribution is 6.30. The largest absolute Gasteiger partial charge is 0.508 e. The Morgan fingerprint density at radius 1 is 1.20 bits per heavy atom. The molecule has 0 spiro atoms. The van der Waals surface area contributed by atoms with Crippen LogP contribution in [0, 0.1) is 0 Å². The van der Waals surface area contributed by atoms with Crippen LogP contribution in [-0.4, -0.2) is 5.11 Å². The molecule has 1 N–H and O–H groups in total. The van der Waals surface area contributed by atoms with Gasteiger partial charge in [-0.3, -0.25) is 0 Å². The van der Waals surface area contributed by atoms with Gasteiger partial charge in [-0.1, -0.05) is 37.8 Å². The van der Waals surface area contributed by atoms with E-state index in [1.54, 1.807) is 12.1 Å². The maximum Gasteiger partial charge on any atom is 0.119 e. The van der Waals surface area contributed by atoms with Gasteiger partial charge in [-0.05, 0) is 36.5 Å². The van der Waals surface area contributed by atoms with Crippen molar-refractivity contribution < 1.29 is 5.11 Å². The van der Waals surface area contributed by atoms with E-state index in [0.29, 0.717) is 5.75 Å².